The molecule has 1 aliphatic heterocycles. The molecule has 1 heterocycles. The normalized spacial score (nSPS) is 23.9. The summed E-state index contributed by atoms with van der Waals surface area (Å²) in [6.45, 7) is 9.20. The predicted octanol–water partition coefficient (Wildman–Crippen LogP) is 5.55. The average Bonchev–Trinajstić information content (AvgIpc) is 2.67. The first-order valence-corrected chi connectivity index (χ1v) is 11.7. The van der Waals surface area contributed by atoms with Gasteiger partial charge in [-0.1, -0.05) is 12.1 Å². The second kappa shape index (κ2) is 10.6. The Morgan fingerprint density at radius 2 is 1.80 bits per heavy atom. The van der Waals surface area contributed by atoms with E-state index in [-0.39, 0.29) is 18.0 Å². The number of nitrogens with zero attached hydrogens (tertiary/aromatic N) is 1. The third-order valence-electron chi connectivity index (χ3n) is 6.54. The minimum Gasteiger partial charge on any atom is -0.444 e. The van der Waals surface area contributed by atoms with Gasteiger partial charge in [0, 0.05) is 6.04 Å². The van der Waals surface area contributed by atoms with Gasteiger partial charge in [-0.3, -0.25) is 0 Å². The molecule has 30 heavy (non-hydrogen) atoms. The van der Waals surface area contributed by atoms with E-state index in [1.165, 1.54) is 44.7 Å². The Morgan fingerprint density at radius 1 is 1.10 bits per heavy atom. The summed E-state index contributed by atoms with van der Waals surface area (Å²) in [6, 6.07) is 7.32. The number of ether oxygens (including phenoxy) is 1. The number of alkyl carbamates (subject to hydrolysis) is 1. The summed E-state index contributed by atoms with van der Waals surface area (Å²) in [6.07, 6.45) is 8.89. The molecule has 0 radical (unpaired) electrons. The van der Waals surface area contributed by atoms with Crippen molar-refractivity contribution in [3.05, 3.63) is 35.6 Å². The second-order valence-electron chi connectivity index (χ2n) is 10.3. The molecule has 4 nitrogen and oxygen atoms in total. The number of halogens is 1. The number of hydrogen-bond donors (Lipinski definition) is 1. The van der Waals surface area contributed by atoms with Gasteiger partial charge in [0.1, 0.15) is 11.4 Å². The lowest BCUT2D eigenvalue weighted by Crippen LogP contribution is -2.41. The van der Waals surface area contributed by atoms with Crippen molar-refractivity contribution in [1.82, 2.24) is 10.2 Å². The van der Waals surface area contributed by atoms with Gasteiger partial charge in [-0.15, -0.1) is 0 Å². The first-order valence-electron chi connectivity index (χ1n) is 11.7. The van der Waals surface area contributed by atoms with Gasteiger partial charge in [0.05, 0.1) is 0 Å². The maximum absolute atomic E-state index is 13.4. The zero-order valence-electron chi connectivity index (χ0n) is 19.0. The van der Waals surface area contributed by atoms with Crippen molar-refractivity contribution in [3.63, 3.8) is 0 Å². The van der Waals surface area contributed by atoms with Crippen molar-refractivity contribution >= 4 is 6.09 Å². The van der Waals surface area contributed by atoms with Crippen LogP contribution in [0.15, 0.2) is 24.3 Å². The van der Waals surface area contributed by atoms with E-state index in [1.54, 1.807) is 6.07 Å². The van der Waals surface area contributed by atoms with Crippen LogP contribution in [0.2, 0.25) is 0 Å². The summed E-state index contributed by atoms with van der Waals surface area (Å²) >= 11 is 0. The molecule has 0 spiro atoms. The Hall–Kier alpha value is -1.62. The van der Waals surface area contributed by atoms with Crippen LogP contribution in [-0.4, -0.2) is 42.3 Å². The number of amides is 1. The van der Waals surface area contributed by atoms with E-state index >= 15 is 0 Å². The van der Waals surface area contributed by atoms with E-state index in [1.807, 2.05) is 32.9 Å². The van der Waals surface area contributed by atoms with Crippen LogP contribution in [0.3, 0.4) is 0 Å². The molecule has 2 fully saturated rings. The molecule has 1 saturated carbocycles. The molecule has 1 aliphatic carbocycles. The van der Waals surface area contributed by atoms with Crippen molar-refractivity contribution in [2.24, 2.45) is 11.8 Å². The monoisotopic (exact) mass is 418 g/mol. The Balaban J connectivity index is 1.29. The molecule has 1 aromatic rings. The Kier molecular flexibility index (Phi) is 8.15. The molecular formula is C25H39FN2O2. The highest BCUT2D eigenvalue weighted by Crippen LogP contribution is 2.28. The Bertz CT molecular complexity index is 672. The van der Waals surface area contributed by atoms with Gasteiger partial charge in [0.25, 0.3) is 0 Å². The summed E-state index contributed by atoms with van der Waals surface area (Å²) in [4.78, 5) is 14.5. The summed E-state index contributed by atoms with van der Waals surface area (Å²) in [5, 5.41) is 3.03. The van der Waals surface area contributed by atoms with Crippen LogP contribution in [0.1, 0.15) is 71.3 Å². The van der Waals surface area contributed by atoms with Crippen molar-refractivity contribution in [3.8, 4) is 0 Å². The molecule has 1 amide bonds. The van der Waals surface area contributed by atoms with E-state index in [4.69, 9.17) is 4.74 Å². The van der Waals surface area contributed by atoms with Gasteiger partial charge in [0.2, 0.25) is 0 Å². The maximum Gasteiger partial charge on any atom is 0.407 e. The molecule has 3 rings (SSSR count). The first-order chi connectivity index (χ1) is 14.3. The first kappa shape index (κ1) is 23.1. The van der Waals surface area contributed by atoms with Crippen LogP contribution in [0.5, 0.6) is 0 Å². The largest absolute Gasteiger partial charge is 0.444 e. The number of rotatable bonds is 6. The summed E-state index contributed by atoms with van der Waals surface area (Å²) in [5.41, 5.74) is 0.691. The summed E-state index contributed by atoms with van der Waals surface area (Å²) < 4.78 is 18.7. The van der Waals surface area contributed by atoms with Gasteiger partial charge in [-0.25, -0.2) is 9.18 Å². The molecule has 1 aromatic carbocycles. The lowest BCUT2D eigenvalue weighted by Gasteiger charge is -2.34. The number of nitrogens with one attached hydrogen (secondary N) is 1. The molecule has 1 N–H and O–H groups in total. The minimum absolute atomic E-state index is 0.124. The smallest absolute Gasteiger partial charge is 0.407 e. The van der Waals surface area contributed by atoms with Crippen LogP contribution in [-0.2, 0) is 11.2 Å². The highest BCUT2D eigenvalue weighted by molar-refractivity contribution is 5.68. The molecule has 2 aliphatic rings. The number of carbonyl (C=O) groups is 1. The van der Waals surface area contributed by atoms with Crippen LogP contribution in [0, 0.1) is 17.7 Å². The summed E-state index contributed by atoms with van der Waals surface area (Å²) in [5.74, 6) is 1.32. The third kappa shape index (κ3) is 7.90. The van der Waals surface area contributed by atoms with Gasteiger partial charge >= 0.3 is 6.09 Å². The second-order valence-corrected chi connectivity index (χ2v) is 10.3. The van der Waals surface area contributed by atoms with Crippen LogP contribution in [0.25, 0.3) is 0 Å². The summed E-state index contributed by atoms with van der Waals surface area (Å²) in [7, 11) is 0. The average molecular weight is 419 g/mol. The SMILES string of the molecule is CC(C)(C)OC(=O)N[C@H]1CC[C@H](CCN2CCC(Cc3cccc(F)c3)CC2)CC1. The topological polar surface area (TPSA) is 41.6 Å². The van der Waals surface area contributed by atoms with Gasteiger partial charge in [0.15, 0.2) is 0 Å². The highest BCUT2D eigenvalue weighted by Gasteiger charge is 2.26. The number of benzene rings is 1. The maximum atomic E-state index is 13.4. The molecule has 1 saturated heterocycles. The van der Waals surface area contributed by atoms with Gasteiger partial charge < -0.3 is 15.0 Å². The Labute approximate surface area is 181 Å². The van der Waals surface area contributed by atoms with Crippen LogP contribution < -0.4 is 5.32 Å². The van der Waals surface area contributed by atoms with E-state index < -0.39 is 5.60 Å². The number of piperidine rings is 1. The number of carbonyl (C=O) groups excluding carboxylic acids is 1. The fraction of sp³-hybridized carbons (Fsp3) is 0.720. The van der Waals surface area contributed by atoms with Crippen molar-refractivity contribution in [2.45, 2.75) is 83.8 Å². The van der Waals surface area contributed by atoms with E-state index in [0.29, 0.717) is 5.92 Å². The van der Waals surface area contributed by atoms with Crippen LogP contribution in [0.4, 0.5) is 9.18 Å². The lowest BCUT2D eigenvalue weighted by atomic mass is 9.83. The minimum atomic E-state index is -0.438. The fourth-order valence-electron chi connectivity index (χ4n) is 4.85. The standard InChI is InChI=1S/C25H39FN2O2/c1-25(2,3)30-24(29)27-23-9-7-19(8-10-23)11-14-28-15-12-20(13-16-28)17-21-5-4-6-22(26)18-21/h4-6,18-20,23H,7-17H2,1-3H3,(H,27,29)/t19-,23-. The molecule has 0 atom stereocenters. The van der Waals surface area contributed by atoms with Gasteiger partial charge in [-0.05, 0) is 121 Å². The number of hydrogen-bond acceptors (Lipinski definition) is 3. The molecular weight excluding hydrogens is 379 g/mol. The molecule has 5 heteroatoms. The zero-order chi connectivity index (χ0) is 21.6. The van der Waals surface area contributed by atoms with E-state index in [9.17, 15) is 9.18 Å². The highest BCUT2D eigenvalue weighted by atomic mass is 19.1. The van der Waals surface area contributed by atoms with Crippen LogP contribution >= 0.6 is 0 Å². The quantitative estimate of drug-likeness (QED) is 0.658. The third-order valence-corrected chi connectivity index (χ3v) is 6.54. The van der Waals surface area contributed by atoms with Crippen molar-refractivity contribution < 1.29 is 13.9 Å². The zero-order valence-corrected chi connectivity index (χ0v) is 19.0. The molecule has 0 unspecified atom stereocenters. The van der Waals surface area contributed by atoms with Gasteiger partial charge in [-0.2, -0.15) is 0 Å². The van der Waals surface area contributed by atoms with E-state index in [2.05, 4.69) is 10.2 Å². The molecule has 0 aromatic heterocycles. The fourth-order valence-corrected chi connectivity index (χ4v) is 4.85. The Morgan fingerprint density at radius 3 is 2.43 bits per heavy atom. The predicted molar refractivity (Wildman–Crippen MR) is 119 cm³/mol. The van der Waals surface area contributed by atoms with Crippen molar-refractivity contribution in [2.75, 3.05) is 19.6 Å². The molecule has 168 valence electrons. The van der Waals surface area contributed by atoms with E-state index in [0.717, 1.165) is 43.8 Å². The molecule has 0 bridgehead atoms. The lowest BCUT2D eigenvalue weighted by molar-refractivity contribution is 0.0485. The van der Waals surface area contributed by atoms with Crippen molar-refractivity contribution in [1.29, 1.82) is 0 Å². The number of likely N-dealkylation sites (tertiary alicyclic amines) is 1.